The molecule has 1 N–H and O–H groups in total. The first-order valence-corrected chi connectivity index (χ1v) is 13.9. The van der Waals surface area contributed by atoms with Gasteiger partial charge in [0.15, 0.2) is 11.5 Å². The van der Waals surface area contributed by atoms with E-state index in [0.717, 1.165) is 84.6 Å². The van der Waals surface area contributed by atoms with Crippen molar-refractivity contribution < 1.29 is 9.21 Å². The molecule has 0 radical (unpaired) electrons. The van der Waals surface area contributed by atoms with E-state index in [-0.39, 0.29) is 5.91 Å². The second kappa shape index (κ2) is 9.93. The highest BCUT2D eigenvalue weighted by atomic mass is 16.3. The number of rotatable bonds is 5. The highest BCUT2D eigenvalue weighted by molar-refractivity contribution is 5.82. The van der Waals surface area contributed by atoms with Crippen molar-refractivity contribution in [2.45, 2.75) is 45.7 Å². The zero-order valence-corrected chi connectivity index (χ0v) is 22.2. The minimum absolute atomic E-state index is 0.247. The Kier molecular flexibility index (Phi) is 6.12. The Bertz CT molecular complexity index is 1670. The van der Waals surface area contributed by atoms with Crippen LogP contribution in [0.25, 0.3) is 33.3 Å². The number of hydrogen-bond donors (Lipinski definition) is 1. The summed E-state index contributed by atoms with van der Waals surface area (Å²) in [5.74, 6) is 1.28. The van der Waals surface area contributed by atoms with Crippen molar-refractivity contribution in [2.24, 2.45) is 5.92 Å². The van der Waals surface area contributed by atoms with Gasteiger partial charge < -0.3 is 9.32 Å². The first kappa shape index (κ1) is 24.0. The lowest BCUT2D eigenvalue weighted by Crippen LogP contribution is -2.40. The number of carbonyl (C=O) groups excluding carboxylic acids is 1. The fraction of sp³-hybridized carbons (Fsp3) is 0.355. The number of fused-ring (bicyclic) bond motifs is 3. The average molecular weight is 521 g/mol. The van der Waals surface area contributed by atoms with E-state index in [4.69, 9.17) is 4.42 Å². The molecule has 1 saturated heterocycles. The van der Waals surface area contributed by atoms with Gasteiger partial charge in [0.1, 0.15) is 5.52 Å². The van der Waals surface area contributed by atoms with Crippen LogP contribution in [0.4, 0.5) is 0 Å². The smallest absolute Gasteiger partial charge is 0.223 e. The van der Waals surface area contributed by atoms with Crippen LogP contribution in [0.2, 0.25) is 0 Å². The Balaban J connectivity index is 1.03. The van der Waals surface area contributed by atoms with E-state index < -0.39 is 0 Å². The number of aromatic nitrogens is 4. The van der Waals surface area contributed by atoms with Crippen LogP contribution in [0, 0.1) is 12.8 Å². The number of hydrogen-bond acceptors (Lipinski definition) is 6. The molecular weight excluding hydrogens is 488 g/mol. The van der Waals surface area contributed by atoms with Crippen molar-refractivity contribution >= 4 is 27.9 Å². The molecule has 8 nitrogen and oxygen atoms in total. The van der Waals surface area contributed by atoms with Gasteiger partial charge in [-0.05, 0) is 61.2 Å². The Morgan fingerprint density at radius 1 is 1.13 bits per heavy atom. The molecule has 2 aromatic carbocycles. The normalized spacial score (nSPS) is 18.1. The number of benzene rings is 2. The van der Waals surface area contributed by atoms with E-state index >= 15 is 0 Å². The number of nitrogens with zero attached hydrogens (tertiary/aromatic N) is 5. The number of nitrogens with one attached hydrogen (secondary N) is 1. The van der Waals surface area contributed by atoms with Crippen LogP contribution >= 0.6 is 0 Å². The summed E-state index contributed by atoms with van der Waals surface area (Å²) in [6, 6.07) is 16.5. The van der Waals surface area contributed by atoms with Gasteiger partial charge in [0.2, 0.25) is 5.91 Å². The molecule has 198 valence electrons. The number of pyridine rings is 1. The van der Waals surface area contributed by atoms with Crippen molar-refractivity contribution in [1.29, 1.82) is 0 Å². The Labute approximate surface area is 227 Å². The third-order valence-corrected chi connectivity index (χ3v) is 8.25. The quantitative estimate of drug-likeness (QED) is 0.340. The predicted octanol–water partition coefficient (Wildman–Crippen LogP) is 5.26. The lowest BCUT2D eigenvalue weighted by Gasteiger charge is -2.34. The van der Waals surface area contributed by atoms with E-state index in [1.807, 2.05) is 42.3 Å². The van der Waals surface area contributed by atoms with E-state index in [2.05, 4.69) is 49.3 Å². The SMILES string of the molecule is Cc1nc2cc(-c3n[nH]c4c3CN(C(=O)C[C@@H]3CCCN(Cc5cccc6ncccc56)C3)CC4)ccc2o1. The van der Waals surface area contributed by atoms with Gasteiger partial charge >= 0.3 is 0 Å². The van der Waals surface area contributed by atoms with Crippen molar-refractivity contribution in [2.75, 3.05) is 19.6 Å². The van der Waals surface area contributed by atoms with Gasteiger partial charge in [0, 0.05) is 74.3 Å². The molecule has 8 heteroatoms. The highest BCUT2D eigenvalue weighted by Crippen LogP contribution is 2.32. The minimum Gasteiger partial charge on any atom is -0.441 e. The molecule has 0 unspecified atom stereocenters. The van der Waals surface area contributed by atoms with Crippen molar-refractivity contribution in [3.8, 4) is 11.3 Å². The number of aromatic amines is 1. The first-order chi connectivity index (χ1) is 19.1. The lowest BCUT2D eigenvalue weighted by molar-refractivity contribution is -0.133. The molecule has 2 aliphatic rings. The van der Waals surface area contributed by atoms with Gasteiger partial charge in [-0.15, -0.1) is 0 Å². The maximum Gasteiger partial charge on any atom is 0.223 e. The third kappa shape index (κ3) is 4.69. The van der Waals surface area contributed by atoms with Crippen LogP contribution in [0.15, 0.2) is 59.1 Å². The molecule has 39 heavy (non-hydrogen) atoms. The molecular formula is C31H32N6O2. The molecule has 5 heterocycles. The Hall–Kier alpha value is -4.04. The summed E-state index contributed by atoms with van der Waals surface area (Å²) < 4.78 is 5.63. The largest absolute Gasteiger partial charge is 0.441 e. The maximum absolute atomic E-state index is 13.5. The van der Waals surface area contributed by atoms with Crippen LogP contribution in [0.1, 0.15) is 42.0 Å². The summed E-state index contributed by atoms with van der Waals surface area (Å²) in [6.07, 6.45) is 5.47. The molecule has 3 aromatic heterocycles. The summed E-state index contributed by atoms with van der Waals surface area (Å²) in [5.41, 5.74) is 8.08. The molecule has 0 spiro atoms. The predicted molar refractivity (Wildman–Crippen MR) is 150 cm³/mol. The van der Waals surface area contributed by atoms with Crippen LogP contribution < -0.4 is 0 Å². The minimum atomic E-state index is 0.247. The summed E-state index contributed by atoms with van der Waals surface area (Å²) in [4.78, 5) is 27.0. The van der Waals surface area contributed by atoms with Gasteiger partial charge in [-0.25, -0.2) is 4.98 Å². The molecule has 0 saturated carbocycles. The van der Waals surface area contributed by atoms with E-state index in [9.17, 15) is 4.79 Å². The Morgan fingerprint density at radius 3 is 3.03 bits per heavy atom. The number of amides is 1. The summed E-state index contributed by atoms with van der Waals surface area (Å²) in [7, 11) is 0. The maximum atomic E-state index is 13.5. The second-order valence-corrected chi connectivity index (χ2v) is 10.9. The molecule has 5 aromatic rings. The first-order valence-electron chi connectivity index (χ1n) is 13.9. The number of likely N-dealkylation sites (tertiary alicyclic amines) is 1. The molecule has 1 amide bonds. The van der Waals surface area contributed by atoms with Crippen molar-refractivity contribution in [3.63, 3.8) is 0 Å². The summed E-state index contributed by atoms with van der Waals surface area (Å²) >= 11 is 0. The fourth-order valence-corrected chi connectivity index (χ4v) is 6.32. The molecule has 1 fully saturated rings. The summed E-state index contributed by atoms with van der Waals surface area (Å²) in [6.45, 7) is 6.10. The van der Waals surface area contributed by atoms with Crippen molar-refractivity contribution in [1.82, 2.24) is 30.0 Å². The molecule has 0 aliphatic carbocycles. The number of H-pyrrole nitrogens is 1. The highest BCUT2D eigenvalue weighted by Gasteiger charge is 2.29. The van der Waals surface area contributed by atoms with Gasteiger partial charge in [-0.1, -0.05) is 18.2 Å². The second-order valence-electron chi connectivity index (χ2n) is 10.9. The lowest BCUT2D eigenvalue weighted by atomic mass is 9.93. The van der Waals surface area contributed by atoms with Gasteiger partial charge in [0.05, 0.1) is 11.2 Å². The fourth-order valence-electron chi connectivity index (χ4n) is 6.32. The monoisotopic (exact) mass is 520 g/mol. The van der Waals surface area contributed by atoms with Crippen LogP contribution in [0.3, 0.4) is 0 Å². The number of oxazole rings is 1. The Morgan fingerprint density at radius 2 is 2.08 bits per heavy atom. The van der Waals surface area contributed by atoms with Gasteiger partial charge in [0.25, 0.3) is 0 Å². The van der Waals surface area contributed by atoms with E-state index in [0.29, 0.717) is 24.8 Å². The van der Waals surface area contributed by atoms with Crippen LogP contribution in [-0.4, -0.2) is 55.5 Å². The number of piperidine rings is 1. The molecule has 7 rings (SSSR count). The zero-order chi connectivity index (χ0) is 26.3. The molecule has 1 atom stereocenters. The van der Waals surface area contributed by atoms with E-state index in [1.165, 1.54) is 10.9 Å². The van der Waals surface area contributed by atoms with E-state index in [1.54, 1.807) is 0 Å². The van der Waals surface area contributed by atoms with Crippen LogP contribution in [-0.2, 0) is 24.3 Å². The molecule has 0 bridgehead atoms. The number of aryl methyl sites for hydroxylation is 1. The summed E-state index contributed by atoms with van der Waals surface area (Å²) in [5, 5.41) is 9.07. The zero-order valence-electron chi connectivity index (χ0n) is 22.2. The topological polar surface area (TPSA) is 91.2 Å². The third-order valence-electron chi connectivity index (χ3n) is 8.25. The van der Waals surface area contributed by atoms with Gasteiger partial charge in [-0.3, -0.25) is 19.8 Å². The molecule has 2 aliphatic heterocycles. The standard InChI is InChI=1S/C31H32N6O2/c1-20-33-28-16-22(9-10-29(28)39-20)31-25-19-37(14-11-27(25)34-35-31)30(38)15-21-5-4-13-36(17-21)18-23-6-2-8-26-24(23)7-3-12-32-26/h2-3,6-10,12,16,21H,4-5,11,13-15,17-19H2,1H3,(H,34,35)/t21-/m0/s1. The number of carbonyl (C=O) groups is 1. The van der Waals surface area contributed by atoms with Gasteiger partial charge in [-0.2, -0.15) is 5.10 Å². The van der Waals surface area contributed by atoms with Crippen LogP contribution in [0.5, 0.6) is 0 Å². The average Bonchev–Trinajstić information content (AvgIpc) is 3.55. The van der Waals surface area contributed by atoms with Crippen molar-refractivity contribution in [3.05, 3.63) is 77.4 Å².